The summed E-state index contributed by atoms with van der Waals surface area (Å²) in [5, 5.41) is 3.45. The van der Waals surface area contributed by atoms with Crippen molar-refractivity contribution in [2.24, 2.45) is 11.7 Å². The zero-order valence-electron chi connectivity index (χ0n) is 9.57. The molecule has 1 aromatic carbocycles. The average Bonchev–Trinajstić information content (AvgIpc) is 2.23. The van der Waals surface area contributed by atoms with Gasteiger partial charge in [-0.15, -0.1) is 0 Å². The number of benzene rings is 1. The molecule has 1 saturated carbocycles. The molecule has 0 bridgehead atoms. The van der Waals surface area contributed by atoms with E-state index in [9.17, 15) is 4.79 Å². The summed E-state index contributed by atoms with van der Waals surface area (Å²) in [5.41, 5.74) is 6.94. The van der Waals surface area contributed by atoms with Gasteiger partial charge in [0.2, 0.25) is 5.91 Å². The third kappa shape index (κ3) is 2.42. The smallest absolute Gasteiger partial charge is 0.249 e. The second kappa shape index (κ2) is 4.66. The number of carbonyl (C=O) groups excluding carboxylic acids is 1. The van der Waals surface area contributed by atoms with Gasteiger partial charge in [0.15, 0.2) is 0 Å². The summed E-state index contributed by atoms with van der Waals surface area (Å²) in [6.45, 7) is 2.99. The quantitative estimate of drug-likeness (QED) is 0.807. The normalized spacial score (nSPS) is 23.8. The molecule has 0 heterocycles. The predicted octanol–water partition coefficient (Wildman–Crippen LogP) is 1.67. The highest BCUT2D eigenvalue weighted by molar-refractivity contribution is 5.94. The van der Waals surface area contributed by atoms with Crippen LogP contribution in [-0.4, -0.2) is 11.9 Å². The molecular formula is C13H18N2O. The predicted molar refractivity (Wildman–Crippen MR) is 64.0 cm³/mol. The van der Waals surface area contributed by atoms with Gasteiger partial charge in [-0.25, -0.2) is 0 Å². The monoisotopic (exact) mass is 218 g/mol. The Morgan fingerprint density at radius 3 is 2.75 bits per heavy atom. The molecule has 86 valence electrons. The maximum atomic E-state index is 11.2. The van der Waals surface area contributed by atoms with E-state index in [1.807, 2.05) is 18.2 Å². The van der Waals surface area contributed by atoms with Crippen molar-refractivity contribution in [2.45, 2.75) is 32.4 Å². The molecule has 1 aromatic rings. The number of hydrogen-bond acceptors (Lipinski definition) is 2. The molecule has 0 aliphatic heterocycles. The summed E-state index contributed by atoms with van der Waals surface area (Å²) in [5.74, 6) is 0.489. The molecule has 3 heteroatoms. The summed E-state index contributed by atoms with van der Waals surface area (Å²) in [7, 11) is 0. The largest absolute Gasteiger partial charge is 0.366 e. The van der Waals surface area contributed by atoms with E-state index >= 15 is 0 Å². The number of carbonyl (C=O) groups is 1. The fourth-order valence-electron chi connectivity index (χ4n) is 2.24. The van der Waals surface area contributed by atoms with Gasteiger partial charge in [-0.1, -0.05) is 25.1 Å². The van der Waals surface area contributed by atoms with Crippen LogP contribution in [0.15, 0.2) is 24.3 Å². The van der Waals surface area contributed by atoms with E-state index in [1.54, 1.807) is 6.07 Å². The number of primary amides is 1. The third-order valence-electron chi connectivity index (χ3n) is 3.24. The van der Waals surface area contributed by atoms with Gasteiger partial charge in [-0.3, -0.25) is 4.79 Å². The number of amides is 1. The van der Waals surface area contributed by atoms with E-state index in [1.165, 1.54) is 12.8 Å². The summed E-state index contributed by atoms with van der Waals surface area (Å²) in [6.07, 6.45) is 2.47. The molecule has 0 aromatic heterocycles. The Labute approximate surface area is 96.0 Å². The van der Waals surface area contributed by atoms with Gasteiger partial charge in [-0.05, 0) is 30.4 Å². The molecule has 0 unspecified atom stereocenters. The molecule has 3 nitrogen and oxygen atoms in total. The highest BCUT2D eigenvalue weighted by Gasteiger charge is 2.24. The van der Waals surface area contributed by atoms with Gasteiger partial charge in [-0.2, -0.15) is 0 Å². The first-order chi connectivity index (χ1) is 7.66. The minimum Gasteiger partial charge on any atom is -0.366 e. The summed E-state index contributed by atoms with van der Waals surface area (Å²) >= 11 is 0. The topological polar surface area (TPSA) is 55.1 Å². The second-order valence-electron chi connectivity index (χ2n) is 4.68. The lowest BCUT2D eigenvalue weighted by Gasteiger charge is -2.33. The molecule has 0 saturated heterocycles. The summed E-state index contributed by atoms with van der Waals surface area (Å²) < 4.78 is 0. The molecule has 3 N–H and O–H groups in total. The Morgan fingerprint density at radius 1 is 1.44 bits per heavy atom. The van der Waals surface area contributed by atoms with Crippen molar-refractivity contribution in [1.29, 1.82) is 0 Å². The van der Waals surface area contributed by atoms with Crippen molar-refractivity contribution in [1.82, 2.24) is 5.32 Å². The Bertz CT molecular complexity index is 383. The number of hydrogen-bond donors (Lipinski definition) is 2. The average molecular weight is 218 g/mol. The molecule has 1 aliphatic carbocycles. The number of nitrogens with one attached hydrogen (secondary N) is 1. The zero-order valence-corrected chi connectivity index (χ0v) is 9.57. The van der Waals surface area contributed by atoms with Crippen LogP contribution in [0, 0.1) is 5.92 Å². The van der Waals surface area contributed by atoms with Crippen LogP contribution in [0.2, 0.25) is 0 Å². The number of rotatable bonds is 4. The molecule has 1 amide bonds. The highest BCUT2D eigenvalue weighted by atomic mass is 16.1. The van der Waals surface area contributed by atoms with Crippen molar-refractivity contribution in [3.8, 4) is 0 Å². The minimum atomic E-state index is -0.348. The van der Waals surface area contributed by atoms with Crippen LogP contribution >= 0.6 is 0 Å². The number of nitrogens with two attached hydrogens (primary N) is 1. The highest BCUT2D eigenvalue weighted by Crippen LogP contribution is 2.26. The van der Waals surface area contributed by atoms with E-state index in [4.69, 9.17) is 5.73 Å². The van der Waals surface area contributed by atoms with Crippen molar-refractivity contribution in [2.75, 3.05) is 0 Å². The molecule has 1 aliphatic rings. The van der Waals surface area contributed by atoms with Crippen LogP contribution in [0.25, 0.3) is 0 Å². The van der Waals surface area contributed by atoms with Crippen molar-refractivity contribution < 1.29 is 4.79 Å². The lowest BCUT2D eigenvalue weighted by Crippen LogP contribution is -2.39. The molecule has 0 spiro atoms. The molecule has 0 radical (unpaired) electrons. The van der Waals surface area contributed by atoms with Crippen LogP contribution in [0.5, 0.6) is 0 Å². The lowest BCUT2D eigenvalue weighted by molar-refractivity contribution is 0.0999. The fourth-order valence-corrected chi connectivity index (χ4v) is 2.24. The van der Waals surface area contributed by atoms with Gasteiger partial charge in [0.05, 0.1) is 0 Å². The van der Waals surface area contributed by atoms with Gasteiger partial charge in [0.1, 0.15) is 0 Å². The van der Waals surface area contributed by atoms with Crippen LogP contribution in [0.3, 0.4) is 0 Å². The SMILES string of the molecule is CC1CC(NCc2ccccc2C(N)=O)C1. The van der Waals surface area contributed by atoms with Gasteiger partial charge in [0.25, 0.3) is 0 Å². The van der Waals surface area contributed by atoms with Gasteiger partial charge in [0, 0.05) is 18.2 Å². The van der Waals surface area contributed by atoms with Crippen LogP contribution in [-0.2, 0) is 6.54 Å². The molecule has 0 atom stereocenters. The van der Waals surface area contributed by atoms with Crippen molar-refractivity contribution in [3.05, 3.63) is 35.4 Å². The molecule has 16 heavy (non-hydrogen) atoms. The first-order valence-corrected chi connectivity index (χ1v) is 5.78. The molecule has 1 fully saturated rings. The van der Waals surface area contributed by atoms with Crippen LogP contribution < -0.4 is 11.1 Å². The zero-order chi connectivity index (χ0) is 11.5. The van der Waals surface area contributed by atoms with E-state index < -0.39 is 0 Å². The Kier molecular flexibility index (Phi) is 3.25. The summed E-state index contributed by atoms with van der Waals surface area (Å²) in [6, 6.07) is 8.12. The van der Waals surface area contributed by atoms with E-state index in [2.05, 4.69) is 12.2 Å². The summed E-state index contributed by atoms with van der Waals surface area (Å²) in [4.78, 5) is 11.2. The van der Waals surface area contributed by atoms with E-state index in [0.717, 1.165) is 18.0 Å². The maximum absolute atomic E-state index is 11.2. The van der Waals surface area contributed by atoms with Crippen LogP contribution in [0.4, 0.5) is 0 Å². The van der Waals surface area contributed by atoms with Crippen molar-refractivity contribution >= 4 is 5.91 Å². The Hall–Kier alpha value is -1.35. The molecule has 2 rings (SSSR count). The van der Waals surface area contributed by atoms with Gasteiger partial charge >= 0.3 is 0 Å². The Balaban J connectivity index is 1.95. The van der Waals surface area contributed by atoms with Gasteiger partial charge < -0.3 is 11.1 Å². The molecular weight excluding hydrogens is 200 g/mol. The fraction of sp³-hybridized carbons (Fsp3) is 0.462. The van der Waals surface area contributed by atoms with E-state index in [0.29, 0.717) is 11.6 Å². The Morgan fingerprint density at radius 2 is 2.12 bits per heavy atom. The van der Waals surface area contributed by atoms with Crippen LogP contribution in [0.1, 0.15) is 35.7 Å². The van der Waals surface area contributed by atoms with E-state index in [-0.39, 0.29) is 5.91 Å². The minimum absolute atomic E-state index is 0.348. The first-order valence-electron chi connectivity index (χ1n) is 5.78. The third-order valence-corrected chi connectivity index (χ3v) is 3.24. The second-order valence-corrected chi connectivity index (χ2v) is 4.68. The first kappa shape index (κ1) is 11.1. The van der Waals surface area contributed by atoms with Crippen molar-refractivity contribution in [3.63, 3.8) is 0 Å². The standard InChI is InChI=1S/C13H18N2O/c1-9-6-11(7-9)15-8-10-4-2-3-5-12(10)13(14)16/h2-5,9,11,15H,6-8H2,1H3,(H2,14,16). The maximum Gasteiger partial charge on any atom is 0.249 e. The lowest BCUT2D eigenvalue weighted by atomic mass is 9.82.